The van der Waals surface area contributed by atoms with E-state index < -0.39 is 11.6 Å². The van der Waals surface area contributed by atoms with E-state index in [9.17, 15) is 19.8 Å². The van der Waals surface area contributed by atoms with Crippen LogP contribution in [-0.4, -0.2) is 27.5 Å². The van der Waals surface area contributed by atoms with Crippen molar-refractivity contribution in [2.45, 2.75) is 32.3 Å². The summed E-state index contributed by atoms with van der Waals surface area (Å²) in [5.74, 6) is 4.23. The molecule has 0 aliphatic carbocycles. The highest BCUT2D eigenvalue weighted by atomic mass is 16.4. The summed E-state index contributed by atoms with van der Waals surface area (Å²) in [4.78, 5) is 25.4. The molecule has 5 nitrogen and oxygen atoms in total. The number of carboxylic acids is 1. The first kappa shape index (κ1) is 17.5. The summed E-state index contributed by atoms with van der Waals surface area (Å²) in [6.07, 6.45) is 0.468. The lowest BCUT2D eigenvalue weighted by molar-refractivity contribution is 0.0692. The number of hydrogen-bond acceptors (Lipinski definition) is 3. The van der Waals surface area contributed by atoms with Crippen molar-refractivity contribution in [3.8, 4) is 11.8 Å². The zero-order chi connectivity index (χ0) is 17.9. The lowest BCUT2D eigenvalue weighted by Gasteiger charge is -2.16. The second kappa shape index (κ2) is 6.73. The highest BCUT2D eigenvalue weighted by Gasteiger charge is 2.25. The van der Waals surface area contributed by atoms with Gasteiger partial charge in [0.25, 0.3) is 0 Å². The molecule has 1 aromatic carbocycles. The fourth-order valence-corrected chi connectivity index (χ4v) is 2.55. The Balaban J connectivity index is 2.56. The number of carbonyl (C=O) groups excluding carboxylic acids is 1. The van der Waals surface area contributed by atoms with E-state index >= 15 is 0 Å². The Morgan fingerprint density at radius 3 is 2.42 bits per heavy atom. The molecule has 0 aliphatic heterocycles. The summed E-state index contributed by atoms with van der Waals surface area (Å²) in [6.45, 7) is 5.21. The number of nitrogens with one attached hydrogen (secondary N) is 1. The van der Waals surface area contributed by atoms with Gasteiger partial charge in [0.15, 0.2) is 6.29 Å². The maximum absolute atomic E-state index is 11.5. The van der Waals surface area contributed by atoms with E-state index in [0.717, 1.165) is 0 Å². The van der Waals surface area contributed by atoms with Crippen molar-refractivity contribution in [3.05, 3.63) is 58.4 Å². The lowest BCUT2D eigenvalue weighted by atomic mass is 9.95. The Kier molecular flexibility index (Phi) is 4.91. The van der Waals surface area contributed by atoms with Crippen LogP contribution in [-0.2, 0) is 5.60 Å². The molecule has 0 amide bonds. The van der Waals surface area contributed by atoms with Crippen LogP contribution in [0.15, 0.2) is 30.3 Å². The predicted molar refractivity (Wildman–Crippen MR) is 90.1 cm³/mol. The van der Waals surface area contributed by atoms with E-state index in [1.54, 1.807) is 31.2 Å². The first-order chi connectivity index (χ1) is 11.3. The van der Waals surface area contributed by atoms with Gasteiger partial charge in [0.05, 0.1) is 17.0 Å². The molecule has 0 saturated carbocycles. The SMILES string of the molecule is CC(C)c1c(C#CC(C)(O)c2ccccc2)[nH]c(C=O)c1C(=O)O. The number of benzene rings is 1. The Bertz CT molecular complexity index is 820. The number of aliphatic hydroxyl groups is 1. The van der Waals surface area contributed by atoms with Crippen molar-refractivity contribution in [3.63, 3.8) is 0 Å². The molecular formula is C19H19NO4. The lowest BCUT2D eigenvalue weighted by Crippen LogP contribution is -2.18. The molecule has 24 heavy (non-hydrogen) atoms. The van der Waals surface area contributed by atoms with Crippen molar-refractivity contribution in [2.75, 3.05) is 0 Å². The maximum Gasteiger partial charge on any atom is 0.338 e. The van der Waals surface area contributed by atoms with Crippen LogP contribution in [0.3, 0.4) is 0 Å². The molecule has 1 unspecified atom stereocenters. The molecule has 1 aromatic heterocycles. The largest absolute Gasteiger partial charge is 0.478 e. The quantitative estimate of drug-likeness (QED) is 0.595. The van der Waals surface area contributed by atoms with Crippen molar-refractivity contribution < 1.29 is 19.8 Å². The molecule has 124 valence electrons. The number of aromatic carboxylic acids is 1. The van der Waals surface area contributed by atoms with Crippen molar-refractivity contribution >= 4 is 12.3 Å². The van der Waals surface area contributed by atoms with Crippen LogP contribution in [0.1, 0.15) is 64.4 Å². The number of aromatic nitrogens is 1. The fourth-order valence-electron chi connectivity index (χ4n) is 2.55. The average Bonchev–Trinajstić information content (AvgIpc) is 2.93. The minimum Gasteiger partial charge on any atom is -0.478 e. The Morgan fingerprint density at radius 1 is 1.29 bits per heavy atom. The summed E-state index contributed by atoms with van der Waals surface area (Å²) in [5, 5.41) is 19.9. The molecule has 1 atom stereocenters. The van der Waals surface area contributed by atoms with Crippen LogP contribution in [0.4, 0.5) is 0 Å². The summed E-state index contributed by atoms with van der Waals surface area (Å²) in [7, 11) is 0. The maximum atomic E-state index is 11.5. The zero-order valence-electron chi connectivity index (χ0n) is 13.8. The van der Waals surface area contributed by atoms with Crippen LogP contribution >= 0.6 is 0 Å². The van der Waals surface area contributed by atoms with Crippen LogP contribution in [0.5, 0.6) is 0 Å². The van der Waals surface area contributed by atoms with Gasteiger partial charge in [-0.25, -0.2) is 4.79 Å². The molecule has 0 spiro atoms. The van der Waals surface area contributed by atoms with E-state index in [1.165, 1.54) is 0 Å². The molecule has 2 aromatic rings. The summed E-state index contributed by atoms with van der Waals surface area (Å²) in [5.41, 5.74) is -0.0601. The Labute approximate surface area is 140 Å². The van der Waals surface area contributed by atoms with Gasteiger partial charge in [-0.3, -0.25) is 4.79 Å². The zero-order valence-corrected chi connectivity index (χ0v) is 13.8. The van der Waals surface area contributed by atoms with Crippen molar-refractivity contribution in [2.24, 2.45) is 0 Å². The van der Waals surface area contributed by atoms with Gasteiger partial charge in [0, 0.05) is 5.56 Å². The first-order valence-electron chi connectivity index (χ1n) is 7.53. The number of hydrogen-bond donors (Lipinski definition) is 3. The van der Waals surface area contributed by atoms with E-state index in [4.69, 9.17) is 0 Å². The molecule has 0 radical (unpaired) electrons. The summed E-state index contributed by atoms with van der Waals surface area (Å²) < 4.78 is 0. The Morgan fingerprint density at radius 2 is 1.92 bits per heavy atom. The van der Waals surface area contributed by atoms with E-state index in [0.29, 0.717) is 23.1 Å². The summed E-state index contributed by atoms with van der Waals surface area (Å²) >= 11 is 0. The van der Waals surface area contributed by atoms with Gasteiger partial charge in [-0.1, -0.05) is 50.1 Å². The smallest absolute Gasteiger partial charge is 0.338 e. The fraction of sp³-hybridized carbons (Fsp3) is 0.263. The standard InChI is InChI=1S/C19H19NO4/c1-12(2)16-14(20-15(11-21)17(16)18(22)23)9-10-19(3,24)13-7-5-4-6-8-13/h4-8,11-12,20,24H,1-3H3,(H,22,23). The third kappa shape index (κ3) is 3.39. The Hall–Kier alpha value is -2.84. The normalized spacial score (nSPS) is 13.0. The van der Waals surface area contributed by atoms with Gasteiger partial charge in [0.2, 0.25) is 0 Å². The number of aldehydes is 1. The molecule has 0 aliphatic rings. The topological polar surface area (TPSA) is 90.4 Å². The monoisotopic (exact) mass is 325 g/mol. The van der Waals surface area contributed by atoms with Crippen molar-refractivity contribution in [1.29, 1.82) is 0 Å². The molecule has 5 heteroatoms. The number of rotatable bonds is 4. The third-order valence-corrected chi connectivity index (χ3v) is 3.74. The first-order valence-corrected chi connectivity index (χ1v) is 7.53. The molecule has 0 saturated heterocycles. The minimum atomic E-state index is -1.40. The van der Waals surface area contributed by atoms with Crippen LogP contribution < -0.4 is 0 Å². The molecule has 0 bridgehead atoms. The molecular weight excluding hydrogens is 306 g/mol. The predicted octanol–water partition coefficient (Wildman–Crippen LogP) is 2.91. The van der Waals surface area contributed by atoms with Gasteiger partial charge in [0.1, 0.15) is 5.60 Å². The van der Waals surface area contributed by atoms with Crippen LogP contribution in [0.25, 0.3) is 0 Å². The second-order valence-electron chi connectivity index (χ2n) is 5.97. The minimum absolute atomic E-state index is 0.0187. The second-order valence-corrected chi connectivity index (χ2v) is 5.97. The number of aromatic amines is 1. The van der Waals surface area contributed by atoms with Gasteiger partial charge < -0.3 is 15.2 Å². The molecule has 1 heterocycles. The van der Waals surface area contributed by atoms with Crippen molar-refractivity contribution in [1.82, 2.24) is 4.98 Å². The van der Waals surface area contributed by atoms with Crippen LogP contribution in [0.2, 0.25) is 0 Å². The highest BCUT2D eigenvalue weighted by molar-refractivity contribution is 5.98. The number of carboxylic acid groups (broad SMARTS) is 1. The number of carbonyl (C=O) groups is 2. The van der Waals surface area contributed by atoms with Gasteiger partial charge in [-0.15, -0.1) is 0 Å². The van der Waals surface area contributed by atoms with Gasteiger partial charge >= 0.3 is 5.97 Å². The highest BCUT2D eigenvalue weighted by Crippen LogP contribution is 2.27. The number of H-pyrrole nitrogens is 1. The molecule has 2 rings (SSSR count). The molecule has 3 N–H and O–H groups in total. The summed E-state index contributed by atoms with van der Waals surface area (Å²) in [6, 6.07) is 8.95. The van der Waals surface area contributed by atoms with E-state index in [2.05, 4.69) is 16.8 Å². The van der Waals surface area contributed by atoms with E-state index in [-0.39, 0.29) is 17.2 Å². The van der Waals surface area contributed by atoms with E-state index in [1.807, 2.05) is 19.9 Å². The van der Waals surface area contributed by atoms with Crippen LogP contribution in [0, 0.1) is 11.8 Å². The van der Waals surface area contributed by atoms with Gasteiger partial charge in [-0.2, -0.15) is 0 Å². The average molecular weight is 325 g/mol. The van der Waals surface area contributed by atoms with Gasteiger partial charge in [-0.05, 0) is 24.3 Å². The molecule has 0 fully saturated rings. The third-order valence-electron chi connectivity index (χ3n) is 3.74.